The fourth-order valence-electron chi connectivity index (χ4n) is 2.43. The van der Waals surface area contributed by atoms with Crippen LogP contribution in [-0.4, -0.2) is 29.1 Å². The van der Waals surface area contributed by atoms with Crippen molar-refractivity contribution in [1.82, 2.24) is 10.2 Å². The van der Waals surface area contributed by atoms with Gasteiger partial charge in [-0.15, -0.1) is 0 Å². The highest BCUT2D eigenvalue weighted by Crippen LogP contribution is 2.27. The number of ether oxygens (including phenoxy) is 1. The molecule has 1 aliphatic rings. The van der Waals surface area contributed by atoms with Crippen molar-refractivity contribution >= 4 is 18.0 Å². The number of imide groups is 1. The third-order valence-electron chi connectivity index (χ3n) is 3.66. The monoisotopic (exact) mass is 324 g/mol. The Hall–Kier alpha value is -3.28. The molecule has 3 amide bonds. The number of nitrogens with one attached hydrogen (secondary N) is 1. The summed E-state index contributed by atoms with van der Waals surface area (Å²) < 4.78 is 5.04. The molecule has 0 spiro atoms. The van der Waals surface area contributed by atoms with Gasteiger partial charge in [0.15, 0.2) is 11.5 Å². The first-order valence-corrected chi connectivity index (χ1v) is 7.34. The van der Waals surface area contributed by atoms with E-state index < -0.39 is 11.9 Å². The van der Waals surface area contributed by atoms with Crippen molar-refractivity contribution < 1.29 is 19.4 Å². The Morgan fingerprint density at radius 1 is 1.17 bits per heavy atom. The van der Waals surface area contributed by atoms with Crippen molar-refractivity contribution in [3.8, 4) is 11.5 Å². The normalized spacial score (nSPS) is 15.7. The van der Waals surface area contributed by atoms with Crippen molar-refractivity contribution in [1.29, 1.82) is 0 Å². The number of methoxy groups -OCH3 is 1. The lowest BCUT2D eigenvalue weighted by molar-refractivity contribution is -0.123. The Morgan fingerprint density at radius 3 is 2.62 bits per heavy atom. The molecule has 0 saturated carbocycles. The van der Waals surface area contributed by atoms with E-state index in [-0.39, 0.29) is 18.0 Å². The lowest BCUT2D eigenvalue weighted by Crippen LogP contribution is -2.30. The van der Waals surface area contributed by atoms with Crippen LogP contribution < -0.4 is 10.1 Å². The molecule has 2 aromatic carbocycles. The SMILES string of the molecule is COc1cc(/C=C2/NC(=O)N(Cc3ccccc3)C2=O)ccc1O. The van der Waals surface area contributed by atoms with Crippen LogP contribution in [0, 0.1) is 0 Å². The molecule has 0 aliphatic carbocycles. The van der Waals surface area contributed by atoms with Crippen molar-refractivity contribution in [2.24, 2.45) is 0 Å². The lowest BCUT2D eigenvalue weighted by atomic mass is 10.1. The van der Waals surface area contributed by atoms with Gasteiger partial charge in [0.25, 0.3) is 5.91 Å². The largest absolute Gasteiger partial charge is 0.504 e. The van der Waals surface area contributed by atoms with E-state index in [1.54, 1.807) is 18.2 Å². The number of aromatic hydroxyl groups is 1. The van der Waals surface area contributed by atoms with E-state index in [0.717, 1.165) is 10.5 Å². The molecule has 122 valence electrons. The number of carbonyl (C=O) groups is 2. The summed E-state index contributed by atoms with van der Waals surface area (Å²) in [5.41, 5.74) is 1.69. The predicted octanol–water partition coefficient (Wildman–Crippen LogP) is 2.49. The Kier molecular flexibility index (Phi) is 4.20. The topological polar surface area (TPSA) is 78.9 Å². The van der Waals surface area contributed by atoms with Crippen molar-refractivity contribution in [2.75, 3.05) is 7.11 Å². The molecule has 1 saturated heterocycles. The van der Waals surface area contributed by atoms with E-state index in [0.29, 0.717) is 11.3 Å². The predicted molar refractivity (Wildman–Crippen MR) is 88.2 cm³/mol. The molecule has 2 N–H and O–H groups in total. The Balaban J connectivity index is 1.83. The number of phenolic OH excluding ortho intramolecular Hbond substituents is 1. The Labute approximate surface area is 139 Å². The van der Waals surface area contributed by atoms with E-state index in [9.17, 15) is 14.7 Å². The van der Waals surface area contributed by atoms with Crippen molar-refractivity contribution in [3.05, 3.63) is 65.4 Å². The number of amides is 3. The van der Waals surface area contributed by atoms with Gasteiger partial charge >= 0.3 is 6.03 Å². The minimum absolute atomic E-state index is 0.00661. The molecule has 1 aliphatic heterocycles. The van der Waals surface area contributed by atoms with Crippen LogP contribution in [0.2, 0.25) is 0 Å². The molecule has 3 rings (SSSR count). The second-order valence-corrected chi connectivity index (χ2v) is 5.30. The number of phenols is 1. The van der Waals surface area contributed by atoms with Gasteiger partial charge in [-0.05, 0) is 29.3 Å². The van der Waals surface area contributed by atoms with Crippen LogP contribution in [0.4, 0.5) is 4.79 Å². The number of urea groups is 1. The molecule has 24 heavy (non-hydrogen) atoms. The van der Waals surface area contributed by atoms with Crippen LogP contribution in [0.5, 0.6) is 11.5 Å². The fourth-order valence-corrected chi connectivity index (χ4v) is 2.43. The third-order valence-corrected chi connectivity index (χ3v) is 3.66. The standard InChI is InChI=1S/C18H16N2O4/c1-24-16-10-13(7-8-15(16)21)9-14-17(22)20(18(23)19-14)11-12-5-3-2-4-6-12/h2-10,21H,11H2,1H3,(H,19,23)/b14-9+. The van der Waals surface area contributed by atoms with E-state index >= 15 is 0 Å². The highest BCUT2D eigenvalue weighted by molar-refractivity contribution is 6.13. The van der Waals surface area contributed by atoms with Gasteiger partial charge in [0.1, 0.15) is 5.70 Å². The van der Waals surface area contributed by atoms with Crippen molar-refractivity contribution in [3.63, 3.8) is 0 Å². The average molecular weight is 324 g/mol. The van der Waals surface area contributed by atoms with E-state index in [2.05, 4.69) is 5.32 Å². The summed E-state index contributed by atoms with van der Waals surface area (Å²) in [5.74, 6) is -0.0923. The summed E-state index contributed by atoms with van der Waals surface area (Å²) in [4.78, 5) is 25.6. The molecule has 0 bridgehead atoms. The van der Waals surface area contributed by atoms with Gasteiger partial charge in [-0.2, -0.15) is 0 Å². The van der Waals surface area contributed by atoms with Crippen LogP contribution in [0.3, 0.4) is 0 Å². The zero-order chi connectivity index (χ0) is 17.1. The van der Waals surface area contributed by atoms with Crippen LogP contribution in [-0.2, 0) is 11.3 Å². The number of hydrogen-bond donors (Lipinski definition) is 2. The maximum Gasteiger partial charge on any atom is 0.329 e. The molecule has 0 unspecified atom stereocenters. The van der Waals surface area contributed by atoms with Crippen molar-refractivity contribution in [2.45, 2.75) is 6.54 Å². The fraction of sp³-hybridized carbons (Fsp3) is 0.111. The maximum absolute atomic E-state index is 12.4. The zero-order valence-electron chi connectivity index (χ0n) is 13.0. The van der Waals surface area contributed by atoms with Gasteiger partial charge in [-0.3, -0.25) is 9.69 Å². The molecule has 1 fully saturated rings. The number of benzene rings is 2. The molecule has 0 atom stereocenters. The molecule has 0 aromatic heterocycles. The van der Waals surface area contributed by atoms with Gasteiger partial charge in [0.2, 0.25) is 0 Å². The summed E-state index contributed by atoms with van der Waals surface area (Å²) in [7, 11) is 1.44. The molecule has 6 nitrogen and oxygen atoms in total. The molecule has 2 aromatic rings. The first-order valence-electron chi connectivity index (χ1n) is 7.34. The second-order valence-electron chi connectivity index (χ2n) is 5.30. The van der Waals surface area contributed by atoms with Gasteiger partial charge in [0, 0.05) is 0 Å². The molecule has 1 heterocycles. The highest BCUT2D eigenvalue weighted by Gasteiger charge is 2.33. The van der Waals surface area contributed by atoms with E-state index in [1.807, 2.05) is 30.3 Å². The Bertz CT molecular complexity index is 815. The zero-order valence-corrected chi connectivity index (χ0v) is 13.0. The summed E-state index contributed by atoms with van der Waals surface area (Å²) in [6, 6.07) is 13.5. The second kappa shape index (κ2) is 6.45. The summed E-state index contributed by atoms with van der Waals surface area (Å²) in [6.45, 7) is 0.210. The molecule has 0 radical (unpaired) electrons. The first kappa shape index (κ1) is 15.6. The summed E-state index contributed by atoms with van der Waals surface area (Å²) in [5, 5.41) is 12.2. The minimum atomic E-state index is -0.458. The smallest absolute Gasteiger partial charge is 0.329 e. The molecular formula is C18H16N2O4. The summed E-state index contributed by atoms with van der Waals surface area (Å²) >= 11 is 0. The summed E-state index contributed by atoms with van der Waals surface area (Å²) in [6.07, 6.45) is 1.55. The van der Waals surface area contributed by atoms with Gasteiger partial charge < -0.3 is 15.2 Å². The molecular weight excluding hydrogens is 308 g/mol. The quantitative estimate of drug-likeness (QED) is 0.669. The maximum atomic E-state index is 12.4. The third kappa shape index (κ3) is 3.08. The van der Waals surface area contributed by atoms with Gasteiger partial charge in [0.05, 0.1) is 13.7 Å². The number of hydrogen-bond acceptors (Lipinski definition) is 4. The number of nitrogens with zero attached hydrogens (tertiary/aromatic N) is 1. The first-order chi connectivity index (χ1) is 11.6. The number of rotatable bonds is 4. The Morgan fingerprint density at radius 2 is 1.92 bits per heavy atom. The van der Waals surface area contributed by atoms with Crippen LogP contribution in [0.15, 0.2) is 54.2 Å². The van der Waals surface area contributed by atoms with Crippen LogP contribution in [0.1, 0.15) is 11.1 Å². The minimum Gasteiger partial charge on any atom is -0.504 e. The van der Waals surface area contributed by atoms with Gasteiger partial charge in [-0.1, -0.05) is 36.4 Å². The highest BCUT2D eigenvalue weighted by atomic mass is 16.5. The van der Waals surface area contributed by atoms with Crippen LogP contribution in [0.25, 0.3) is 6.08 Å². The van der Waals surface area contributed by atoms with E-state index in [1.165, 1.54) is 13.2 Å². The van der Waals surface area contributed by atoms with E-state index in [4.69, 9.17) is 4.74 Å². The van der Waals surface area contributed by atoms with Gasteiger partial charge in [-0.25, -0.2) is 4.79 Å². The molecule has 6 heteroatoms. The average Bonchev–Trinajstić information content (AvgIpc) is 2.85. The number of carbonyl (C=O) groups excluding carboxylic acids is 2. The lowest BCUT2D eigenvalue weighted by Gasteiger charge is -2.11. The van der Waals surface area contributed by atoms with Crippen LogP contribution >= 0.6 is 0 Å².